The number of anilines is 1. The van der Waals surface area contributed by atoms with Crippen LogP contribution in [0.5, 0.6) is 0 Å². The fraction of sp³-hybridized carbons (Fsp3) is 0.353. The molecule has 0 radical (unpaired) electrons. The quantitative estimate of drug-likeness (QED) is 0.790. The molecule has 0 aromatic carbocycles. The first-order chi connectivity index (χ1) is 11.7. The van der Waals surface area contributed by atoms with E-state index in [-0.39, 0.29) is 5.76 Å². The molecule has 0 saturated carbocycles. The SMILES string of the molecule is COC(=O)c1occc1CN1CCN(c2ncccc2C#N)CC1. The molecule has 124 valence electrons. The van der Waals surface area contributed by atoms with Gasteiger partial charge in [-0.3, -0.25) is 4.90 Å². The second-order valence-corrected chi connectivity index (χ2v) is 5.52. The maximum absolute atomic E-state index is 11.7. The third kappa shape index (κ3) is 3.24. The maximum atomic E-state index is 11.7. The number of furan rings is 1. The number of hydrogen-bond acceptors (Lipinski definition) is 7. The van der Waals surface area contributed by atoms with Crippen LogP contribution in [0, 0.1) is 11.3 Å². The van der Waals surface area contributed by atoms with Crippen molar-refractivity contribution in [2.45, 2.75) is 6.54 Å². The van der Waals surface area contributed by atoms with Gasteiger partial charge in [0.15, 0.2) is 0 Å². The van der Waals surface area contributed by atoms with Crippen LogP contribution in [0.4, 0.5) is 5.82 Å². The molecule has 1 fully saturated rings. The summed E-state index contributed by atoms with van der Waals surface area (Å²) in [6.07, 6.45) is 3.21. The summed E-state index contributed by atoms with van der Waals surface area (Å²) in [7, 11) is 1.34. The molecule has 1 saturated heterocycles. The van der Waals surface area contributed by atoms with Gasteiger partial charge in [0.2, 0.25) is 5.76 Å². The molecule has 0 aliphatic carbocycles. The lowest BCUT2D eigenvalue weighted by atomic mass is 10.2. The van der Waals surface area contributed by atoms with Crippen LogP contribution < -0.4 is 4.90 Å². The Kier molecular flexibility index (Phi) is 4.77. The van der Waals surface area contributed by atoms with Crippen LogP contribution in [-0.4, -0.2) is 49.1 Å². The Balaban J connectivity index is 1.63. The number of rotatable bonds is 4. The van der Waals surface area contributed by atoms with E-state index in [0.717, 1.165) is 37.6 Å². The number of hydrogen-bond donors (Lipinski definition) is 0. The average Bonchev–Trinajstić information content (AvgIpc) is 3.10. The lowest BCUT2D eigenvalue weighted by Gasteiger charge is -2.35. The summed E-state index contributed by atoms with van der Waals surface area (Å²) in [4.78, 5) is 20.3. The molecule has 2 aromatic rings. The van der Waals surface area contributed by atoms with E-state index in [9.17, 15) is 10.1 Å². The van der Waals surface area contributed by atoms with Gasteiger partial charge in [-0.2, -0.15) is 5.26 Å². The van der Waals surface area contributed by atoms with Gasteiger partial charge in [-0.15, -0.1) is 0 Å². The minimum atomic E-state index is -0.458. The van der Waals surface area contributed by atoms with Gasteiger partial charge in [-0.1, -0.05) is 0 Å². The summed E-state index contributed by atoms with van der Waals surface area (Å²) in [5.41, 5.74) is 1.42. The fourth-order valence-corrected chi connectivity index (χ4v) is 2.83. The predicted molar refractivity (Wildman–Crippen MR) is 86.5 cm³/mol. The summed E-state index contributed by atoms with van der Waals surface area (Å²) in [5, 5.41) is 9.20. The zero-order valence-electron chi connectivity index (χ0n) is 13.4. The minimum absolute atomic E-state index is 0.261. The zero-order chi connectivity index (χ0) is 16.9. The second kappa shape index (κ2) is 7.15. The summed E-state index contributed by atoms with van der Waals surface area (Å²) >= 11 is 0. The maximum Gasteiger partial charge on any atom is 0.374 e. The van der Waals surface area contributed by atoms with Crippen LogP contribution in [0.25, 0.3) is 0 Å². The molecular weight excluding hydrogens is 308 g/mol. The van der Waals surface area contributed by atoms with Gasteiger partial charge in [-0.25, -0.2) is 9.78 Å². The van der Waals surface area contributed by atoms with Crippen molar-refractivity contribution in [1.29, 1.82) is 5.26 Å². The molecule has 0 N–H and O–H groups in total. The van der Waals surface area contributed by atoms with Crippen LogP contribution in [-0.2, 0) is 11.3 Å². The molecule has 0 unspecified atom stereocenters. The van der Waals surface area contributed by atoms with Crippen molar-refractivity contribution in [3.05, 3.63) is 47.5 Å². The third-order valence-corrected chi connectivity index (χ3v) is 4.09. The van der Waals surface area contributed by atoms with Gasteiger partial charge in [0.25, 0.3) is 0 Å². The first-order valence-corrected chi connectivity index (χ1v) is 7.70. The molecule has 7 heteroatoms. The Bertz CT molecular complexity index is 757. The van der Waals surface area contributed by atoms with Gasteiger partial charge in [0, 0.05) is 44.5 Å². The summed E-state index contributed by atoms with van der Waals surface area (Å²) in [6, 6.07) is 7.53. The van der Waals surface area contributed by atoms with E-state index in [0.29, 0.717) is 12.1 Å². The van der Waals surface area contributed by atoms with Crippen molar-refractivity contribution in [2.24, 2.45) is 0 Å². The Hall–Kier alpha value is -2.85. The molecule has 0 bridgehead atoms. The van der Waals surface area contributed by atoms with Crippen molar-refractivity contribution >= 4 is 11.8 Å². The summed E-state index contributed by atoms with van der Waals surface area (Å²) < 4.78 is 9.95. The van der Waals surface area contributed by atoms with Crippen molar-refractivity contribution in [1.82, 2.24) is 9.88 Å². The Morgan fingerprint density at radius 2 is 2.17 bits per heavy atom. The van der Waals surface area contributed by atoms with E-state index < -0.39 is 5.97 Å². The molecule has 0 atom stereocenters. The molecule has 3 rings (SSSR count). The van der Waals surface area contributed by atoms with Crippen LogP contribution in [0.3, 0.4) is 0 Å². The molecule has 7 nitrogen and oxygen atoms in total. The molecule has 2 aromatic heterocycles. The van der Waals surface area contributed by atoms with Crippen LogP contribution in [0.2, 0.25) is 0 Å². The normalized spacial score (nSPS) is 15.1. The molecule has 3 heterocycles. The molecule has 24 heavy (non-hydrogen) atoms. The molecular formula is C17H18N4O3. The first kappa shape index (κ1) is 16.0. The van der Waals surface area contributed by atoms with Crippen molar-refractivity contribution in [3.8, 4) is 6.07 Å². The highest BCUT2D eigenvalue weighted by molar-refractivity contribution is 5.87. The van der Waals surface area contributed by atoms with E-state index in [1.165, 1.54) is 13.4 Å². The number of methoxy groups -OCH3 is 1. The molecule has 0 amide bonds. The Labute approximate surface area is 140 Å². The number of nitrogens with zero attached hydrogens (tertiary/aromatic N) is 4. The average molecular weight is 326 g/mol. The number of carbonyl (C=O) groups is 1. The number of pyridine rings is 1. The number of carbonyl (C=O) groups excluding carboxylic acids is 1. The second-order valence-electron chi connectivity index (χ2n) is 5.52. The number of ether oxygens (including phenoxy) is 1. The highest BCUT2D eigenvalue weighted by Gasteiger charge is 2.23. The van der Waals surface area contributed by atoms with Gasteiger partial charge in [0.05, 0.1) is 18.9 Å². The summed E-state index contributed by atoms with van der Waals surface area (Å²) in [5.74, 6) is 0.537. The topological polar surface area (TPSA) is 82.6 Å². The third-order valence-electron chi connectivity index (χ3n) is 4.09. The lowest BCUT2D eigenvalue weighted by Crippen LogP contribution is -2.46. The highest BCUT2D eigenvalue weighted by Crippen LogP contribution is 2.20. The number of nitriles is 1. The van der Waals surface area contributed by atoms with Crippen LogP contribution in [0.1, 0.15) is 21.7 Å². The van der Waals surface area contributed by atoms with Gasteiger partial charge >= 0.3 is 5.97 Å². The largest absolute Gasteiger partial charge is 0.463 e. The van der Waals surface area contributed by atoms with Gasteiger partial charge in [-0.05, 0) is 18.2 Å². The minimum Gasteiger partial charge on any atom is -0.463 e. The highest BCUT2D eigenvalue weighted by atomic mass is 16.5. The Morgan fingerprint density at radius 3 is 2.88 bits per heavy atom. The molecule has 0 spiro atoms. The summed E-state index contributed by atoms with van der Waals surface area (Å²) in [6.45, 7) is 3.80. The van der Waals surface area contributed by atoms with Gasteiger partial charge in [0.1, 0.15) is 11.9 Å². The van der Waals surface area contributed by atoms with E-state index in [2.05, 4.69) is 20.9 Å². The van der Waals surface area contributed by atoms with Crippen LogP contribution >= 0.6 is 0 Å². The monoisotopic (exact) mass is 326 g/mol. The van der Waals surface area contributed by atoms with E-state index in [4.69, 9.17) is 9.15 Å². The van der Waals surface area contributed by atoms with Crippen molar-refractivity contribution < 1.29 is 13.9 Å². The lowest BCUT2D eigenvalue weighted by molar-refractivity contribution is 0.0561. The molecule has 1 aliphatic rings. The number of esters is 1. The van der Waals surface area contributed by atoms with Crippen molar-refractivity contribution in [3.63, 3.8) is 0 Å². The fourth-order valence-electron chi connectivity index (χ4n) is 2.83. The standard InChI is InChI=1S/C17H18N4O3/c1-23-17(22)15-14(4-10-24-15)12-20-6-8-21(9-7-20)16-13(11-18)3-2-5-19-16/h2-5,10H,6-9,12H2,1H3. The van der Waals surface area contributed by atoms with E-state index >= 15 is 0 Å². The number of piperazine rings is 1. The van der Waals surface area contributed by atoms with Crippen LogP contribution in [0.15, 0.2) is 35.1 Å². The smallest absolute Gasteiger partial charge is 0.374 e. The van der Waals surface area contributed by atoms with E-state index in [1.807, 2.05) is 0 Å². The van der Waals surface area contributed by atoms with Crippen molar-refractivity contribution in [2.75, 3.05) is 38.2 Å². The van der Waals surface area contributed by atoms with E-state index in [1.54, 1.807) is 24.4 Å². The predicted octanol–water partition coefficient (Wildman–Crippen LogP) is 1.66. The zero-order valence-corrected chi connectivity index (χ0v) is 13.4. The first-order valence-electron chi connectivity index (χ1n) is 7.70. The number of aromatic nitrogens is 1. The molecule has 1 aliphatic heterocycles. The van der Waals surface area contributed by atoms with Gasteiger partial charge < -0.3 is 14.1 Å². The Morgan fingerprint density at radius 1 is 1.38 bits per heavy atom.